The van der Waals surface area contributed by atoms with Gasteiger partial charge >= 0.3 is 5.97 Å². The molecule has 0 fully saturated rings. The predicted molar refractivity (Wildman–Crippen MR) is 102 cm³/mol. The van der Waals surface area contributed by atoms with E-state index in [1.807, 2.05) is 18.2 Å². The molecular weight excluding hydrogens is 360 g/mol. The second-order valence-corrected chi connectivity index (χ2v) is 7.10. The van der Waals surface area contributed by atoms with Gasteiger partial charge in [-0.3, -0.25) is 9.59 Å². The number of aliphatic carboxylic acids is 1. The molecule has 3 atom stereocenters. The van der Waals surface area contributed by atoms with E-state index in [2.05, 4.69) is 16.7 Å². The largest absolute Gasteiger partial charge is 0.480 e. The zero-order chi connectivity index (χ0) is 20.1. The van der Waals surface area contributed by atoms with Crippen molar-refractivity contribution in [3.63, 3.8) is 0 Å². The number of carbonyl (C=O) groups is 3. The molecule has 1 aliphatic rings. The Hall–Kier alpha value is -3.09. The summed E-state index contributed by atoms with van der Waals surface area (Å²) in [4.78, 5) is 36.2. The van der Waals surface area contributed by atoms with Crippen LogP contribution in [0, 0.1) is 0 Å². The lowest BCUT2D eigenvalue weighted by Crippen LogP contribution is -2.50. The highest BCUT2D eigenvalue weighted by Gasteiger charge is 2.29. The number of benzene rings is 1. The Balaban J connectivity index is 1.62. The van der Waals surface area contributed by atoms with Crippen LogP contribution in [0.5, 0.6) is 0 Å². The fraction of sp³-hybridized carbons (Fsp3) is 0.381. The summed E-state index contributed by atoms with van der Waals surface area (Å²) in [5.41, 5.74) is 2.40. The third kappa shape index (κ3) is 4.60. The van der Waals surface area contributed by atoms with Crippen molar-refractivity contribution in [2.75, 3.05) is 0 Å². The van der Waals surface area contributed by atoms with Crippen LogP contribution in [0.4, 0.5) is 0 Å². The molecule has 0 aliphatic heterocycles. The molecule has 0 spiro atoms. The normalized spacial score (nSPS) is 17.8. The zero-order valence-corrected chi connectivity index (χ0v) is 15.7. The molecule has 0 saturated heterocycles. The summed E-state index contributed by atoms with van der Waals surface area (Å²) in [5, 5.41) is 14.7. The molecule has 3 N–H and O–H groups in total. The first kappa shape index (κ1) is 19.7. The Kier molecular flexibility index (Phi) is 6.13. The van der Waals surface area contributed by atoms with Gasteiger partial charge in [0.2, 0.25) is 5.91 Å². The van der Waals surface area contributed by atoms with Gasteiger partial charge in [-0.05, 0) is 61.8 Å². The smallest absolute Gasteiger partial charge is 0.326 e. The number of carboxylic acid groups (broad SMARTS) is 1. The number of hydrogen-bond acceptors (Lipinski definition) is 4. The van der Waals surface area contributed by atoms with Crippen molar-refractivity contribution < 1.29 is 23.9 Å². The maximum absolute atomic E-state index is 12.4. The first-order valence-corrected chi connectivity index (χ1v) is 9.41. The maximum Gasteiger partial charge on any atom is 0.326 e. The summed E-state index contributed by atoms with van der Waals surface area (Å²) in [6.07, 6.45) is 4.56. The van der Waals surface area contributed by atoms with E-state index in [0.29, 0.717) is 6.42 Å². The Labute approximate surface area is 163 Å². The number of aryl methyl sites for hydroxylation is 1. The Morgan fingerprint density at radius 1 is 1.18 bits per heavy atom. The van der Waals surface area contributed by atoms with Crippen molar-refractivity contribution in [3.05, 3.63) is 59.5 Å². The van der Waals surface area contributed by atoms with Gasteiger partial charge in [-0.25, -0.2) is 4.79 Å². The lowest BCUT2D eigenvalue weighted by molar-refractivity contribution is -0.142. The van der Waals surface area contributed by atoms with E-state index in [4.69, 9.17) is 4.42 Å². The van der Waals surface area contributed by atoms with E-state index in [9.17, 15) is 19.5 Å². The minimum atomic E-state index is -1.08. The van der Waals surface area contributed by atoms with Crippen LogP contribution in [0.25, 0.3) is 0 Å². The SMILES string of the molecule is CC(NC(=O)c1ccco1)C(=O)NC(CC1CCCc2ccccc21)C(=O)O. The molecule has 1 aliphatic carbocycles. The van der Waals surface area contributed by atoms with Crippen molar-refractivity contribution >= 4 is 17.8 Å². The van der Waals surface area contributed by atoms with E-state index in [0.717, 1.165) is 24.8 Å². The van der Waals surface area contributed by atoms with E-state index in [-0.39, 0.29) is 11.7 Å². The molecule has 0 saturated carbocycles. The molecule has 7 heteroatoms. The quantitative estimate of drug-likeness (QED) is 0.680. The summed E-state index contributed by atoms with van der Waals surface area (Å²) < 4.78 is 4.99. The summed E-state index contributed by atoms with van der Waals surface area (Å²) in [5.74, 6) is -1.98. The number of hydrogen-bond donors (Lipinski definition) is 3. The molecule has 0 bridgehead atoms. The molecule has 148 valence electrons. The predicted octanol–water partition coefficient (Wildman–Crippen LogP) is 2.48. The monoisotopic (exact) mass is 384 g/mol. The summed E-state index contributed by atoms with van der Waals surface area (Å²) in [6, 6.07) is 9.19. The lowest BCUT2D eigenvalue weighted by Gasteiger charge is -2.28. The topological polar surface area (TPSA) is 109 Å². The van der Waals surface area contributed by atoms with Gasteiger partial charge in [0.1, 0.15) is 12.1 Å². The lowest BCUT2D eigenvalue weighted by atomic mass is 9.79. The van der Waals surface area contributed by atoms with Gasteiger partial charge in [0.05, 0.1) is 6.26 Å². The highest BCUT2D eigenvalue weighted by Crippen LogP contribution is 2.34. The Bertz CT molecular complexity index is 846. The molecule has 2 amide bonds. The van der Waals surface area contributed by atoms with Crippen LogP contribution in [0.3, 0.4) is 0 Å². The number of amides is 2. The number of fused-ring (bicyclic) bond motifs is 1. The third-order valence-electron chi connectivity index (χ3n) is 5.11. The van der Waals surface area contributed by atoms with Gasteiger partial charge in [-0.15, -0.1) is 0 Å². The Morgan fingerprint density at radius 3 is 2.68 bits per heavy atom. The van der Waals surface area contributed by atoms with Crippen LogP contribution in [0.15, 0.2) is 47.1 Å². The van der Waals surface area contributed by atoms with Crippen LogP contribution in [-0.2, 0) is 16.0 Å². The fourth-order valence-electron chi connectivity index (χ4n) is 3.64. The molecule has 28 heavy (non-hydrogen) atoms. The molecular formula is C21H24N2O5. The van der Waals surface area contributed by atoms with Gasteiger partial charge in [-0.1, -0.05) is 24.3 Å². The van der Waals surface area contributed by atoms with Crippen molar-refractivity contribution in [2.45, 2.75) is 50.6 Å². The van der Waals surface area contributed by atoms with Crippen LogP contribution in [0.1, 0.15) is 53.8 Å². The number of carboxylic acids is 1. The van der Waals surface area contributed by atoms with Gasteiger partial charge in [-0.2, -0.15) is 0 Å². The van der Waals surface area contributed by atoms with Crippen LogP contribution in [0.2, 0.25) is 0 Å². The van der Waals surface area contributed by atoms with Crippen molar-refractivity contribution in [3.8, 4) is 0 Å². The van der Waals surface area contributed by atoms with Crippen molar-refractivity contribution in [1.82, 2.24) is 10.6 Å². The summed E-state index contributed by atoms with van der Waals surface area (Å²) >= 11 is 0. The van der Waals surface area contributed by atoms with Crippen LogP contribution in [-0.4, -0.2) is 35.0 Å². The molecule has 0 radical (unpaired) electrons. The molecule has 1 aromatic carbocycles. The molecule has 3 unspecified atom stereocenters. The number of nitrogens with one attached hydrogen (secondary N) is 2. The molecule has 7 nitrogen and oxygen atoms in total. The fourth-order valence-corrected chi connectivity index (χ4v) is 3.64. The van der Waals surface area contributed by atoms with E-state index in [1.54, 1.807) is 6.07 Å². The minimum absolute atomic E-state index is 0.0827. The number of furan rings is 1. The van der Waals surface area contributed by atoms with Gasteiger partial charge in [0.15, 0.2) is 5.76 Å². The van der Waals surface area contributed by atoms with Crippen LogP contribution >= 0.6 is 0 Å². The van der Waals surface area contributed by atoms with E-state index in [1.165, 1.54) is 24.8 Å². The highest BCUT2D eigenvalue weighted by atomic mass is 16.4. The first-order valence-electron chi connectivity index (χ1n) is 9.41. The van der Waals surface area contributed by atoms with Gasteiger partial charge < -0.3 is 20.2 Å². The minimum Gasteiger partial charge on any atom is -0.480 e. The number of rotatable bonds is 7. The molecule has 1 heterocycles. The summed E-state index contributed by atoms with van der Waals surface area (Å²) in [6.45, 7) is 1.50. The van der Waals surface area contributed by atoms with Gasteiger partial charge in [0, 0.05) is 0 Å². The molecule has 1 aromatic heterocycles. The Morgan fingerprint density at radius 2 is 1.96 bits per heavy atom. The standard InChI is InChI=1S/C21H24N2O5/c1-13(22-20(25)18-10-5-11-28-18)19(24)23-17(21(26)27)12-15-8-4-7-14-6-2-3-9-16(14)15/h2-3,5-6,9-11,13,15,17H,4,7-8,12H2,1H3,(H,22,25)(H,23,24)(H,26,27). The average Bonchev–Trinajstić information content (AvgIpc) is 3.22. The van der Waals surface area contributed by atoms with Crippen LogP contribution < -0.4 is 10.6 Å². The summed E-state index contributed by atoms with van der Waals surface area (Å²) in [7, 11) is 0. The number of carbonyl (C=O) groups excluding carboxylic acids is 2. The first-order chi connectivity index (χ1) is 13.5. The second kappa shape index (κ2) is 8.73. The van der Waals surface area contributed by atoms with E-state index < -0.39 is 29.9 Å². The van der Waals surface area contributed by atoms with Crippen molar-refractivity contribution in [1.29, 1.82) is 0 Å². The maximum atomic E-state index is 12.4. The highest BCUT2D eigenvalue weighted by molar-refractivity contribution is 5.96. The molecule has 2 aromatic rings. The zero-order valence-electron chi connectivity index (χ0n) is 15.7. The second-order valence-electron chi connectivity index (χ2n) is 7.10. The van der Waals surface area contributed by atoms with Crippen molar-refractivity contribution in [2.24, 2.45) is 0 Å². The van der Waals surface area contributed by atoms with E-state index >= 15 is 0 Å². The average molecular weight is 384 g/mol. The third-order valence-corrected chi connectivity index (χ3v) is 5.11. The van der Waals surface area contributed by atoms with Gasteiger partial charge in [0.25, 0.3) is 5.91 Å². The molecule has 3 rings (SSSR count).